The molecule has 0 aromatic heterocycles. The van der Waals surface area contributed by atoms with Crippen molar-refractivity contribution >= 4 is 62.3 Å². The highest BCUT2D eigenvalue weighted by Gasteiger charge is 2.35. The molecule has 4 aromatic rings. The lowest BCUT2D eigenvalue weighted by molar-refractivity contribution is -0.140. The van der Waals surface area contributed by atoms with Gasteiger partial charge < -0.3 is 10.2 Å². The molecule has 0 saturated heterocycles. The van der Waals surface area contributed by atoms with Crippen molar-refractivity contribution in [1.29, 1.82) is 0 Å². The molecule has 1 N–H and O–H groups in total. The van der Waals surface area contributed by atoms with E-state index in [0.717, 1.165) is 22.7 Å². The maximum absolute atomic E-state index is 14.6. The zero-order valence-electron chi connectivity index (χ0n) is 25.6. The highest BCUT2D eigenvalue weighted by molar-refractivity contribution is 7.92. The summed E-state index contributed by atoms with van der Waals surface area (Å²) in [5.74, 6) is -0.932. The quantitative estimate of drug-likeness (QED) is 0.137. The molecule has 0 bridgehead atoms. The van der Waals surface area contributed by atoms with Crippen LogP contribution < -0.4 is 9.62 Å². The van der Waals surface area contributed by atoms with Crippen molar-refractivity contribution in [3.8, 4) is 0 Å². The molecule has 4 aromatic carbocycles. The number of nitrogens with one attached hydrogen (secondary N) is 1. The van der Waals surface area contributed by atoms with Gasteiger partial charge in [0.1, 0.15) is 12.6 Å². The van der Waals surface area contributed by atoms with Gasteiger partial charge in [-0.25, -0.2) is 8.42 Å². The Kier molecular flexibility index (Phi) is 12.5. The number of halogens is 3. The minimum atomic E-state index is -4.24. The second-order valence-corrected chi connectivity index (χ2v) is 13.9. The molecule has 0 fully saturated rings. The number of amides is 2. The summed E-state index contributed by atoms with van der Waals surface area (Å²) >= 11 is 19.0. The van der Waals surface area contributed by atoms with Gasteiger partial charge in [0, 0.05) is 24.5 Å². The van der Waals surface area contributed by atoms with Gasteiger partial charge in [-0.1, -0.05) is 109 Å². The Morgan fingerprint density at radius 3 is 2.13 bits per heavy atom. The summed E-state index contributed by atoms with van der Waals surface area (Å²) < 4.78 is 29.4. The van der Waals surface area contributed by atoms with Crippen molar-refractivity contribution in [2.45, 2.75) is 50.6 Å². The van der Waals surface area contributed by atoms with E-state index in [0.29, 0.717) is 32.7 Å². The summed E-state index contributed by atoms with van der Waals surface area (Å²) in [7, 11) is -4.24. The number of anilines is 1. The third kappa shape index (κ3) is 8.82. The fraction of sp³-hybridized carbons (Fsp3) is 0.257. The largest absolute Gasteiger partial charge is 0.354 e. The van der Waals surface area contributed by atoms with Crippen LogP contribution >= 0.6 is 34.8 Å². The lowest BCUT2D eigenvalue weighted by atomic mass is 10.0. The van der Waals surface area contributed by atoms with Gasteiger partial charge in [0.2, 0.25) is 11.8 Å². The predicted molar refractivity (Wildman–Crippen MR) is 186 cm³/mol. The minimum absolute atomic E-state index is 0.0105. The Morgan fingerprint density at radius 1 is 0.804 bits per heavy atom. The van der Waals surface area contributed by atoms with Crippen molar-refractivity contribution < 1.29 is 18.0 Å². The normalized spacial score (nSPS) is 11.9. The van der Waals surface area contributed by atoms with Crippen LogP contribution in [0.5, 0.6) is 0 Å². The fourth-order valence-electron chi connectivity index (χ4n) is 4.99. The molecule has 0 unspecified atom stereocenters. The second kappa shape index (κ2) is 16.3. The molecule has 1 atom stereocenters. The van der Waals surface area contributed by atoms with Gasteiger partial charge in [0.05, 0.1) is 20.6 Å². The number of hydrogen-bond donors (Lipinski definition) is 1. The predicted octanol–water partition coefficient (Wildman–Crippen LogP) is 7.71. The highest BCUT2D eigenvalue weighted by atomic mass is 35.5. The van der Waals surface area contributed by atoms with Crippen molar-refractivity contribution in [3.05, 3.63) is 129 Å². The number of hydrogen-bond acceptors (Lipinski definition) is 4. The zero-order valence-corrected chi connectivity index (χ0v) is 28.7. The van der Waals surface area contributed by atoms with Gasteiger partial charge in [-0.05, 0) is 66.4 Å². The van der Waals surface area contributed by atoms with E-state index in [-0.39, 0.29) is 29.5 Å². The molecular weight excluding hydrogens is 665 g/mol. The molecule has 0 saturated carbocycles. The van der Waals surface area contributed by atoms with Gasteiger partial charge in [0.15, 0.2) is 0 Å². The average Bonchev–Trinajstić information content (AvgIpc) is 3.05. The maximum atomic E-state index is 14.6. The molecule has 242 valence electrons. The number of carbonyl (C=O) groups excluding carboxylic acids is 2. The summed E-state index contributed by atoms with van der Waals surface area (Å²) in [5.41, 5.74) is 2.21. The van der Waals surface area contributed by atoms with E-state index in [1.54, 1.807) is 61.5 Å². The Morgan fingerprint density at radius 2 is 1.48 bits per heavy atom. The van der Waals surface area contributed by atoms with E-state index in [4.69, 9.17) is 34.8 Å². The molecule has 2 amide bonds. The number of nitrogens with zero attached hydrogens (tertiary/aromatic N) is 2. The van der Waals surface area contributed by atoms with Crippen LogP contribution in [0.15, 0.2) is 102 Å². The lowest BCUT2D eigenvalue weighted by Gasteiger charge is -2.34. The third-order valence-electron chi connectivity index (χ3n) is 7.56. The number of benzene rings is 4. The van der Waals surface area contributed by atoms with Crippen molar-refractivity contribution in [1.82, 2.24) is 10.2 Å². The first kappa shape index (κ1) is 35.3. The molecule has 0 aliphatic heterocycles. The van der Waals surface area contributed by atoms with Crippen molar-refractivity contribution in [2.24, 2.45) is 0 Å². The Labute approximate surface area is 286 Å². The zero-order chi connectivity index (χ0) is 33.3. The summed E-state index contributed by atoms with van der Waals surface area (Å²) in [6.07, 6.45) is 1.84. The molecular formula is C35H36Cl3N3O4S. The Balaban J connectivity index is 1.83. The molecule has 7 nitrogen and oxygen atoms in total. The first-order valence-corrected chi connectivity index (χ1v) is 17.5. The molecule has 0 spiro atoms. The van der Waals surface area contributed by atoms with E-state index in [1.165, 1.54) is 17.0 Å². The van der Waals surface area contributed by atoms with Crippen molar-refractivity contribution in [3.63, 3.8) is 0 Å². The Hall–Kier alpha value is -3.56. The molecule has 0 radical (unpaired) electrons. The summed E-state index contributed by atoms with van der Waals surface area (Å²) in [6.45, 7) is 3.54. The first-order valence-electron chi connectivity index (χ1n) is 14.9. The minimum Gasteiger partial charge on any atom is -0.354 e. The standard InChI is InChI=1S/C35H36Cl3N3O4S/c1-3-4-20-39-35(43)33(22-26-12-7-5-8-13-26)40(23-27-18-19-30(37)31(38)21-27)34(42)24-41(32-17-11-16-29(36)25(32)2)46(44,45)28-14-9-6-10-15-28/h5-19,21,33H,3-4,20,22-24H2,1-2H3,(H,39,43)/t33-/m0/s1. The van der Waals surface area contributed by atoms with Crippen LogP contribution in [-0.4, -0.2) is 44.3 Å². The number of carbonyl (C=O) groups is 2. The van der Waals surface area contributed by atoms with Crippen LogP contribution in [0.25, 0.3) is 0 Å². The smallest absolute Gasteiger partial charge is 0.264 e. The van der Waals surface area contributed by atoms with E-state index < -0.39 is 28.5 Å². The van der Waals surface area contributed by atoms with Crippen molar-refractivity contribution in [2.75, 3.05) is 17.4 Å². The molecule has 0 aliphatic carbocycles. The molecule has 11 heteroatoms. The third-order valence-corrected chi connectivity index (χ3v) is 10.5. The molecule has 4 rings (SSSR count). The van der Waals surface area contributed by atoms with Crippen LogP contribution in [0.1, 0.15) is 36.5 Å². The molecule has 46 heavy (non-hydrogen) atoms. The SMILES string of the molecule is CCCCNC(=O)[C@H](Cc1ccccc1)N(Cc1ccc(Cl)c(Cl)c1)C(=O)CN(c1cccc(Cl)c1C)S(=O)(=O)c1ccccc1. The van der Waals surface area contributed by atoms with Crippen LogP contribution in [0.3, 0.4) is 0 Å². The van der Waals surface area contributed by atoms with E-state index in [9.17, 15) is 18.0 Å². The second-order valence-electron chi connectivity index (χ2n) is 10.8. The fourth-order valence-corrected chi connectivity index (χ4v) is 6.98. The van der Waals surface area contributed by atoms with Crippen LogP contribution in [0.4, 0.5) is 5.69 Å². The summed E-state index contributed by atoms with van der Waals surface area (Å²) in [5, 5.41) is 3.96. The number of sulfonamides is 1. The van der Waals surface area contributed by atoms with Gasteiger partial charge in [-0.2, -0.15) is 0 Å². The average molecular weight is 701 g/mol. The van der Waals surface area contributed by atoms with E-state index in [2.05, 4.69) is 5.32 Å². The van der Waals surface area contributed by atoms with Gasteiger partial charge in [-0.15, -0.1) is 0 Å². The summed E-state index contributed by atoms with van der Waals surface area (Å²) in [6, 6.07) is 26.2. The maximum Gasteiger partial charge on any atom is 0.264 e. The number of unbranched alkanes of at least 4 members (excludes halogenated alkanes) is 1. The monoisotopic (exact) mass is 699 g/mol. The van der Waals surface area contributed by atoms with Gasteiger partial charge in [-0.3, -0.25) is 13.9 Å². The lowest BCUT2D eigenvalue weighted by Crippen LogP contribution is -2.53. The van der Waals surface area contributed by atoms with Gasteiger partial charge in [0.25, 0.3) is 10.0 Å². The topological polar surface area (TPSA) is 86.8 Å². The highest BCUT2D eigenvalue weighted by Crippen LogP contribution is 2.31. The number of rotatable bonds is 14. The Bertz CT molecular complexity index is 1760. The molecule has 0 heterocycles. The first-order chi connectivity index (χ1) is 22.0. The molecule has 0 aliphatic rings. The van der Waals surface area contributed by atoms with Crippen LogP contribution in [-0.2, 0) is 32.6 Å². The van der Waals surface area contributed by atoms with E-state index >= 15 is 0 Å². The van der Waals surface area contributed by atoms with Gasteiger partial charge >= 0.3 is 0 Å². The van der Waals surface area contributed by atoms with Crippen LogP contribution in [0, 0.1) is 6.92 Å². The van der Waals surface area contributed by atoms with Crippen LogP contribution in [0.2, 0.25) is 15.1 Å². The summed E-state index contributed by atoms with van der Waals surface area (Å²) in [4.78, 5) is 29.9. The van der Waals surface area contributed by atoms with E-state index in [1.807, 2.05) is 37.3 Å².